The summed E-state index contributed by atoms with van der Waals surface area (Å²) in [6.45, 7) is 10.4. The standard InChI is InChI=1S/C24H32FN3O4/c1-7-16-8-9-19(18(25)14-16)26-21-20-17(15(2)22(29)27(21)6)10-11-28(23(20)30)32-13-12-31-24(3,4)5/h8-9,14,26H,7,10-13H2,1-6H3. The van der Waals surface area contributed by atoms with Gasteiger partial charge in [-0.15, -0.1) is 0 Å². The summed E-state index contributed by atoms with van der Waals surface area (Å²) < 4.78 is 21.7. The van der Waals surface area contributed by atoms with Crippen molar-refractivity contribution in [2.24, 2.45) is 7.05 Å². The van der Waals surface area contributed by atoms with Crippen LogP contribution in [0.1, 0.15) is 54.7 Å². The van der Waals surface area contributed by atoms with Crippen LogP contribution in [0.4, 0.5) is 15.9 Å². The van der Waals surface area contributed by atoms with Gasteiger partial charge in [0.15, 0.2) is 0 Å². The summed E-state index contributed by atoms with van der Waals surface area (Å²) >= 11 is 0. The van der Waals surface area contributed by atoms with Crippen molar-refractivity contribution >= 4 is 17.4 Å². The molecule has 1 amide bonds. The van der Waals surface area contributed by atoms with Crippen LogP contribution in [0.25, 0.3) is 0 Å². The molecule has 0 aliphatic carbocycles. The SMILES string of the molecule is CCc1ccc(Nc2c3c(c(C)c(=O)n2C)CCN(OCCOC(C)(C)C)C3=O)c(F)c1. The van der Waals surface area contributed by atoms with E-state index in [4.69, 9.17) is 9.57 Å². The number of halogens is 1. The summed E-state index contributed by atoms with van der Waals surface area (Å²) in [5.74, 6) is -0.557. The fourth-order valence-corrected chi connectivity index (χ4v) is 3.74. The third-order valence-corrected chi connectivity index (χ3v) is 5.52. The summed E-state index contributed by atoms with van der Waals surface area (Å²) in [4.78, 5) is 31.8. The predicted molar refractivity (Wildman–Crippen MR) is 122 cm³/mol. The van der Waals surface area contributed by atoms with Crippen LogP contribution in [-0.2, 0) is 29.5 Å². The lowest BCUT2D eigenvalue weighted by molar-refractivity contribution is -0.148. The number of carbonyl (C=O) groups is 1. The number of amides is 1. The number of nitrogens with one attached hydrogen (secondary N) is 1. The van der Waals surface area contributed by atoms with E-state index in [0.717, 1.165) is 5.56 Å². The molecule has 1 N–H and O–H groups in total. The summed E-state index contributed by atoms with van der Waals surface area (Å²) in [5.41, 5.74) is 2.04. The van der Waals surface area contributed by atoms with Gasteiger partial charge in [0, 0.05) is 12.6 Å². The number of hydrogen-bond acceptors (Lipinski definition) is 5. The van der Waals surface area contributed by atoms with E-state index in [2.05, 4.69) is 5.32 Å². The Kier molecular flexibility index (Phi) is 7.05. The van der Waals surface area contributed by atoms with Crippen molar-refractivity contribution < 1.29 is 18.8 Å². The van der Waals surface area contributed by atoms with Gasteiger partial charge in [0.2, 0.25) is 0 Å². The summed E-state index contributed by atoms with van der Waals surface area (Å²) in [6, 6.07) is 4.89. The molecular formula is C24H32FN3O4. The first-order chi connectivity index (χ1) is 15.0. The monoisotopic (exact) mass is 445 g/mol. The Hall–Kier alpha value is -2.71. The molecule has 174 valence electrons. The minimum Gasteiger partial charge on any atom is -0.373 e. The molecule has 1 aliphatic rings. The van der Waals surface area contributed by atoms with E-state index in [-0.39, 0.29) is 35.2 Å². The molecule has 2 heterocycles. The number of benzene rings is 1. The summed E-state index contributed by atoms with van der Waals surface area (Å²) in [6.07, 6.45) is 1.17. The van der Waals surface area contributed by atoms with Crippen molar-refractivity contribution in [3.05, 3.63) is 56.6 Å². The zero-order chi connectivity index (χ0) is 23.6. The molecule has 2 aromatic rings. The van der Waals surface area contributed by atoms with E-state index in [0.29, 0.717) is 42.7 Å². The van der Waals surface area contributed by atoms with Crippen molar-refractivity contribution in [2.45, 2.75) is 53.1 Å². The molecule has 0 unspecified atom stereocenters. The van der Waals surface area contributed by atoms with Gasteiger partial charge in [-0.2, -0.15) is 0 Å². The van der Waals surface area contributed by atoms with Gasteiger partial charge in [0.1, 0.15) is 11.6 Å². The van der Waals surface area contributed by atoms with Gasteiger partial charge in [-0.3, -0.25) is 19.0 Å². The number of carbonyl (C=O) groups excluding carboxylic acids is 1. The Balaban J connectivity index is 1.93. The molecule has 1 aliphatic heterocycles. The van der Waals surface area contributed by atoms with Crippen molar-refractivity contribution in [2.75, 3.05) is 25.1 Å². The fraction of sp³-hybridized carbons (Fsp3) is 0.500. The zero-order valence-electron chi connectivity index (χ0n) is 19.7. The van der Waals surface area contributed by atoms with Gasteiger partial charge in [-0.05, 0) is 63.8 Å². The van der Waals surface area contributed by atoms with E-state index >= 15 is 0 Å². The molecule has 3 rings (SSSR count). The topological polar surface area (TPSA) is 72.8 Å². The van der Waals surface area contributed by atoms with Crippen LogP contribution in [0.2, 0.25) is 0 Å². The molecule has 1 aromatic heterocycles. The number of hydrogen-bond donors (Lipinski definition) is 1. The van der Waals surface area contributed by atoms with Gasteiger partial charge in [0.25, 0.3) is 11.5 Å². The third-order valence-electron chi connectivity index (χ3n) is 5.52. The molecule has 0 radical (unpaired) electrons. The van der Waals surface area contributed by atoms with E-state index in [9.17, 15) is 14.0 Å². The highest BCUT2D eigenvalue weighted by Gasteiger charge is 2.32. The van der Waals surface area contributed by atoms with Gasteiger partial charge in [-0.1, -0.05) is 13.0 Å². The highest BCUT2D eigenvalue weighted by atomic mass is 19.1. The molecule has 1 aromatic carbocycles. The average molecular weight is 446 g/mol. The molecule has 7 nitrogen and oxygen atoms in total. The van der Waals surface area contributed by atoms with Crippen LogP contribution >= 0.6 is 0 Å². The van der Waals surface area contributed by atoms with Gasteiger partial charge >= 0.3 is 0 Å². The van der Waals surface area contributed by atoms with Gasteiger partial charge in [-0.25, -0.2) is 9.45 Å². The third kappa shape index (κ3) is 5.02. The number of hydroxylamine groups is 2. The largest absolute Gasteiger partial charge is 0.373 e. The molecule has 0 fully saturated rings. The Morgan fingerprint density at radius 3 is 2.53 bits per heavy atom. The van der Waals surface area contributed by atoms with Crippen molar-refractivity contribution in [1.82, 2.24) is 9.63 Å². The molecule has 32 heavy (non-hydrogen) atoms. The minimum absolute atomic E-state index is 0.202. The molecule has 8 heteroatoms. The van der Waals surface area contributed by atoms with Gasteiger partial charge in [0.05, 0.1) is 36.6 Å². The lowest BCUT2D eigenvalue weighted by Crippen LogP contribution is -2.41. The quantitative estimate of drug-likeness (QED) is 0.655. The predicted octanol–water partition coefficient (Wildman–Crippen LogP) is 3.88. The maximum absolute atomic E-state index is 14.7. The number of aromatic nitrogens is 1. The number of ether oxygens (including phenoxy) is 1. The van der Waals surface area contributed by atoms with Crippen LogP contribution in [-0.4, -0.2) is 40.9 Å². The lowest BCUT2D eigenvalue weighted by Gasteiger charge is -2.31. The highest BCUT2D eigenvalue weighted by molar-refractivity contribution is 6.01. The zero-order valence-corrected chi connectivity index (χ0v) is 19.7. The second kappa shape index (κ2) is 9.42. The number of nitrogens with zero attached hydrogens (tertiary/aromatic N) is 2. The second-order valence-corrected chi connectivity index (χ2v) is 8.94. The van der Waals surface area contributed by atoms with Crippen LogP contribution in [0.15, 0.2) is 23.0 Å². The molecule has 0 atom stereocenters. The molecule has 0 saturated heterocycles. The van der Waals surface area contributed by atoms with Crippen LogP contribution < -0.4 is 10.9 Å². The Bertz CT molecular complexity index is 1070. The number of fused-ring (bicyclic) bond motifs is 1. The van der Waals surface area contributed by atoms with Crippen molar-refractivity contribution in [3.63, 3.8) is 0 Å². The Morgan fingerprint density at radius 2 is 1.91 bits per heavy atom. The smallest absolute Gasteiger partial charge is 0.281 e. The second-order valence-electron chi connectivity index (χ2n) is 8.94. The Labute approximate surface area is 188 Å². The first-order valence-corrected chi connectivity index (χ1v) is 10.9. The number of aryl methyl sites for hydroxylation is 1. The van der Waals surface area contributed by atoms with E-state index in [1.807, 2.05) is 33.8 Å². The first kappa shape index (κ1) is 23.9. The minimum atomic E-state index is -0.443. The molecule has 0 saturated carbocycles. The highest BCUT2D eigenvalue weighted by Crippen LogP contribution is 2.30. The maximum Gasteiger partial charge on any atom is 0.281 e. The fourth-order valence-electron chi connectivity index (χ4n) is 3.74. The van der Waals surface area contributed by atoms with E-state index in [1.54, 1.807) is 20.0 Å². The number of rotatable bonds is 7. The molecular weight excluding hydrogens is 413 g/mol. The summed E-state index contributed by atoms with van der Waals surface area (Å²) in [5, 5.41) is 4.28. The van der Waals surface area contributed by atoms with Crippen molar-refractivity contribution in [3.8, 4) is 0 Å². The first-order valence-electron chi connectivity index (χ1n) is 10.9. The van der Waals surface area contributed by atoms with Crippen molar-refractivity contribution in [1.29, 1.82) is 0 Å². The average Bonchev–Trinajstić information content (AvgIpc) is 2.74. The van der Waals surface area contributed by atoms with Crippen LogP contribution in [0.3, 0.4) is 0 Å². The Morgan fingerprint density at radius 1 is 1.19 bits per heavy atom. The lowest BCUT2D eigenvalue weighted by atomic mass is 9.96. The normalized spacial score (nSPS) is 14.0. The van der Waals surface area contributed by atoms with Crippen LogP contribution in [0.5, 0.6) is 0 Å². The van der Waals surface area contributed by atoms with Crippen LogP contribution in [0, 0.1) is 12.7 Å². The molecule has 0 spiro atoms. The number of pyridine rings is 1. The molecule has 0 bridgehead atoms. The van der Waals surface area contributed by atoms with E-state index < -0.39 is 5.82 Å². The maximum atomic E-state index is 14.7. The number of anilines is 2. The van der Waals surface area contributed by atoms with E-state index in [1.165, 1.54) is 15.7 Å². The summed E-state index contributed by atoms with van der Waals surface area (Å²) in [7, 11) is 1.57. The van der Waals surface area contributed by atoms with Gasteiger partial charge < -0.3 is 10.1 Å².